The van der Waals surface area contributed by atoms with Crippen LogP contribution in [0, 0.1) is 0 Å². The van der Waals surface area contributed by atoms with E-state index in [1.807, 2.05) is 12.1 Å². The van der Waals surface area contributed by atoms with Crippen LogP contribution >= 0.6 is 27.7 Å². The van der Waals surface area contributed by atoms with Crippen LogP contribution in [0.3, 0.4) is 0 Å². The normalized spacial score (nSPS) is 13.8. The first-order chi connectivity index (χ1) is 13.5. The van der Waals surface area contributed by atoms with E-state index in [0.717, 1.165) is 9.37 Å². The molecule has 2 N–H and O–H groups in total. The molecule has 0 radical (unpaired) electrons. The van der Waals surface area contributed by atoms with E-state index >= 15 is 0 Å². The highest BCUT2D eigenvalue weighted by molar-refractivity contribution is 9.10. The lowest BCUT2D eigenvalue weighted by Gasteiger charge is -2.15. The molecule has 0 bridgehead atoms. The lowest BCUT2D eigenvalue weighted by molar-refractivity contribution is -0.136. The molecule has 146 valence electrons. The van der Waals surface area contributed by atoms with Crippen molar-refractivity contribution in [1.29, 1.82) is 0 Å². The molecule has 1 aromatic carbocycles. The number of nitrogens with zero attached hydrogens (tertiary/aromatic N) is 3. The van der Waals surface area contributed by atoms with Gasteiger partial charge >= 0.3 is 5.97 Å². The lowest BCUT2D eigenvalue weighted by Crippen LogP contribution is -2.31. The number of anilines is 1. The number of halogens is 1. The highest BCUT2D eigenvalue weighted by Gasteiger charge is 2.34. The van der Waals surface area contributed by atoms with Crippen molar-refractivity contribution in [3.05, 3.63) is 52.4 Å². The number of hydrogen-bond acceptors (Lipinski definition) is 8. The third-order valence-electron chi connectivity index (χ3n) is 3.88. The fourth-order valence-corrected chi connectivity index (χ4v) is 3.46. The number of carbonyl (C=O) groups is 2. The first-order valence-electron chi connectivity index (χ1n) is 8.26. The molecule has 0 saturated carbocycles. The molecular weight excluding hydrogens is 448 g/mol. The van der Waals surface area contributed by atoms with Crippen molar-refractivity contribution in [3.8, 4) is 0 Å². The third kappa shape index (κ3) is 4.70. The molecule has 1 aliphatic heterocycles. The van der Waals surface area contributed by atoms with Gasteiger partial charge in [-0.15, -0.1) is 0 Å². The van der Waals surface area contributed by atoms with E-state index in [-0.39, 0.29) is 36.9 Å². The van der Waals surface area contributed by atoms with Gasteiger partial charge in [-0.25, -0.2) is 14.8 Å². The van der Waals surface area contributed by atoms with Crippen molar-refractivity contribution in [1.82, 2.24) is 14.9 Å². The van der Waals surface area contributed by atoms with Crippen molar-refractivity contribution in [2.75, 3.05) is 32.1 Å². The van der Waals surface area contributed by atoms with Gasteiger partial charge in [-0.05, 0) is 52.0 Å². The largest absolute Gasteiger partial charge is 0.466 e. The van der Waals surface area contributed by atoms with E-state index in [1.165, 1.54) is 23.8 Å². The zero-order valence-corrected chi connectivity index (χ0v) is 17.3. The molecule has 8 nitrogen and oxygen atoms in total. The second-order valence-corrected chi connectivity index (χ2v) is 7.69. The summed E-state index contributed by atoms with van der Waals surface area (Å²) in [6.07, 6.45) is 3.35. The SMILES string of the molecule is COC(=O)C1=C(Nc2ccc(Sc3ncc(Br)cn3)cc2)C(=O)N(CCO)C1. The number of benzene rings is 1. The number of methoxy groups -OCH3 is 1. The summed E-state index contributed by atoms with van der Waals surface area (Å²) in [6, 6.07) is 7.32. The Morgan fingerprint density at radius 3 is 2.61 bits per heavy atom. The smallest absolute Gasteiger partial charge is 0.337 e. The van der Waals surface area contributed by atoms with Gasteiger partial charge in [-0.3, -0.25) is 4.79 Å². The number of aromatic nitrogens is 2. The number of β-amino-alcohol motifs (C(OH)–C–C–N with tert-alkyl or cyclic N) is 1. The van der Waals surface area contributed by atoms with Crippen molar-refractivity contribution < 1.29 is 19.4 Å². The van der Waals surface area contributed by atoms with Crippen LogP contribution in [0.5, 0.6) is 0 Å². The van der Waals surface area contributed by atoms with Crippen molar-refractivity contribution in [2.24, 2.45) is 0 Å². The van der Waals surface area contributed by atoms with Crippen LogP contribution in [0.25, 0.3) is 0 Å². The van der Waals surface area contributed by atoms with E-state index < -0.39 is 5.97 Å². The molecule has 1 aromatic heterocycles. The number of nitrogens with one attached hydrogen (secondary N) is 1. The van der Waals surface area contributed by atoms with E-state index in [9.17, 15) is 9.59 Å². The number of rotatable bonds is 7. The predicted octanol–water partition coefficient (Wildman–Crippen LogP) is 2.06. The van der Waals surface area contributed by atoms with E-state index in [0.29, 0.717) is 10.8 Å². The van der Waals surface area contributed by atoms with Gasteiger partial charge in [-0.1, -0.05) is 0 Å². The number of aliphatic hydroxyl groups excluding tert-OH is 1. The van der Waals surface area contributed by atoms with E-state index in [4.69, 9.17) is 9.84 Å². The molecule has 2 aromatic rings. The van der Waals surface area contributed by atoms with Gasteiger partial charge in [-0.2, -0.15) is 0 Å². The number of carbonyl (C=O) groups excluding carboxylic acids is 2. The topological polar surface area (TPSA) is 105 Å². The molecule has 0 atom stereocenters. The summed E-state index contributed by atoms with van der Waals surface area (Å²) in [5, 5.41) is 12.7. The minimum absolute atomic E-state index is 0.100. The number of esters is 1. The fraction of sp³-hybridized carbons (Fsp3) is 0.222. The third-order valence-corrected chi connectivity index (χ3v) is 5.19. The van der Waals surface area contributed by atoms with Crippen LogP contribution in [0.15, 0.2) is 62.5 Å². The summed E-state index contributed by atoms with van der Waals surface area (Å²) in [5.41, 5.74) is 1.05. The molecule has 0 unspecified atom stereocenters. The molecule has 0 aliphatic carbocycles. The zero-order valence-electron chi connectivity index (χ0n) is 14.9. The zero-order chi connectivity index (χ0) is 20.1. The van der Waals surface area contributed by atoms with Crippen LogP contribution in [0.2, 0.25) is 0 Å². The predicted molar refractivity (Wildman–Crippen MR) is 107 cm³/mol. The average molecular weight is 465 g/mol. The monoisotopic (exact) mass is 464 g/mol. The van der Waals surface area contributed by atoms with Crippen LogP contribution in [0.1, 0.15) is 0 Å². The maximum Gasteiger partial charge on any atom is 0.337 e. The number of aliphatic hydroxyl groups is 1. The summed E-state index contributed by atoms with van der Waals surface area (Å²) >= 11 is 4.70. The molecular formula is C18H17BrN4O4S. The minimum atomic E-state index is -0.573. The van der Waals surface area contributed by atoms with E-state index in [1.54, 1.807) is 24.5 Å². The second kappa shape index (κ2) is 9.18. The molecule has 0 fully saturated rings. The Labute approximate surface area is 174 Å². The van der Waals surface area contributed by atoms with Crippen molar-refractivity contribution >= 4 is 45.3 Å². The fourth-order valence-electron chi connectivity index (χ4n) is 2.56. The van der Waals surface area contributed by atoms with Gasteiger partial charge in [0.05, 0.1) is 30.3 Å². The Bertz CT molecular complexity index is 903. The maximum absolute atomic E-state index is 12.5. The summed E-state index contributed by atoms with van der Waals surface area (Å²) in [7, 11) is 1.27. The molecule has 3 rings (SSSR count). The van der Waals surface area contributed by atoms with Gasteiger partial charge in [0.25, 0.3) is 5.91 Å². The summed E-state index contributed by atoms with van der Waals surface area (Å²) in [4.78, 5) is 35.3. The standard InChI is InChI=1S/C18H17BrN4O4S/c1-27-17(26)14-10-23(6-7-24)16(25)15(14)22-12-2-4-13(5-3-12)28-18-20-8-11(19)9-21-18/h2-5,8-9,22,24H,6-7,10H2,1H3. The second-order valence-electron chi connectivity index (χ2n) is 5.73. The van der Waals surface area contributed by atoms with Crippen molar-refractivity contribution in [3.63, 3.8) is 0 Å². The maximum atomic E-state index is 12.5. The number of hydrogen-bond donors (Lipinski definition) is 2. The molecule has 28 heavy (non-hydrogen) atoms. The lowest BCUT2D eigenvalue weighted by atomic mass is 10.2. The Morgan fingerprint density at radius 2 is 2.00 bits per heavy atom. The highest BCUT2D eigenvalue weighted by atomic mass is 79.9. The Kier molecular flexibility index (Phi) is 6.65. The van der Waals surface area contributed by atoms with Gasteiger partial charge in [0.1, 0.15) is 5.70 Å². The van der Waals surface area contributed by atoms with Crippen LogP contribution in [-0.4, -0.2) is 58.7 Å². The number of amides is 1. The Balaban J connectivity index is 1.75. The minimum Gasteiger partial charge on any atom is -0.466 e. The molecule has 10 heteroatoms. The molecule has 0 spiro atoms. The summed E-state index contributed by atoms with van der Waals surface area (Å²) < 4.78 is 5.58. The quantitative estimate of drug-likeness (QED) is 0.473. The first-order valence-corrected chi connectivity index (χ1v) is 9.87. The Hall–Kier alpha value is -2.43. The Morgan fingerprint density at radius 1 is 1.32 bits per heavy atom. The highest BCUT2D eigenvalue weighted by Crippen LogP contribution is 2.28. The van der Waals surface area contributed by atoms with Crippen LogP contribution in [-0.2, 0) is 14.3 Å². The molecule has 0 saturated heterocycles. The molecule has 1 amide bonds. The van der Waals surface area contributed by atoms with Gasteiger partial charge in [0.2, 0.25) is 0 Å². The van der Waals surface area contributed by atoms with Crippen LogP contribution < -0.4 is 5.32 Å². The average Bonchev–Trinajstić information content (AvgIpc) is 3.01. The first kappa shape index (κ1) is 20.3. The number of ether oxygens (including phenoxy) is 1. The van der Waals surface area contributed by atoms with Crippen LogP contribution in [0.4, 0.5) is 5.69 Å². The van der Waals surface area contributed by atoms with E-state index in [2.05, 4.69) is 31.2 Å². The van der Waals surface area contributed by atoms with Crippen molar-refractivity contribution in [2.45, 2.75) is 10.1 Å². The summed E-state index contributed by atoms with van der Waals surface area (Å²) in [6.45, 7) is 0.0635. The molecule has 1 aliphatic rings. The van der Waals surface area contributed by atoms with Gasteiger partial charge in [0, 0.05) is 29.5 Å². The van der Waals surface area contributed by atoms with Gasteiger partial charge in [0.15, 0.2) is 5.16 Å². The van der Waals surface area contributed by atoms with Gasteiger partial charge < -0.3 is 20.1 Å². The summed E-state index contributed by atoms with van der Waals surface area (Å²) in [5.74, 6) is -0.924. The molecule has 2 heterocycles.